The Labute approximate surface area is 142 Å². The van der Waals surface area contributed by atoms with Crippen LogP contribution in [0.3, 0.4) is 0 Å². The highest BCUT2D eigenvalue weighted by Crippen LogP contribution is 2.29. The number of hydrogen-bond donors (Lipinski definition) is 0. The second-order valence-corrected chi connectivity index (χ2v) is 6.18. The number of nitrogens with zero attached hydrogens (tertiary/aromatic N) is 2. The molecule has 1 aliphatic heterocycles. The summed E-state index contributed by atoms with van der Waals surface area (Å²) in [6, 6.07) is 0.560. The van der Waals surface area contributed by atoms with Gasteiger partial charge in [-0.05, 0) is 25.3 Å². The van der Waals surface area contributed by atoms with Crippen molar-refractivity contribution in [1.29, 1.82) is 0 Å². The summed E-state index contributed by atoms with van der Waals surface area (Å²) in [5.74, 6) is -0.485. The van der Waals surface area contributed by atoms with E-state index in [1.54, 1.807) is 0 Å². The number of halogens is 4. The number of carbonyl (C=O) groups excluding carboxylic acids is 1. The first kappa shape index (κ1) is 18.8. The molecule has 1 aliphatic rings. The highest BCUT2D eigenvalue weighted by Gasteiger charge is 2.32. The van der Waals surface area contributed by atoms with Crippen LogP contribution in [0.4, 0.5) is 13.2 Å². The van der Waals surface area contributed by atoms with Crippen molar-refractivity contribution in [2.75, 3.05) is 20.2 Å². The molecular weight excluding hydrogens is 349 g/mol. The van der Waals surface area contributed by atoms with Gasteiger partial charge in [0.05, 0.1) is 11.7 Å². The Morgan fingerprint density at radius 3 is 2.75 bits per heavy atom. The maximum Gasteiger partial charge on any atom is 0.417 e. The fourth-order valence-corrected chi connectivity index (χ4v) is 2.72. The largest absolute Gasteiger partial charge is 0.417 e. The molecule has 1 aromatic heterocycles. The summed E-state index contributed by atoms with van der Waals surface area (Å²) in [6.07, 6.45) is -1.31. The van der Waals surface area contributed by atoms with Crippen LogP contribution in [0.2, 0.25) is 5.02 Å². The molecule has 0 aromatic carbocycles. The van der Waals surface area contributed by atoms with E-state index in [1.807, 2.05) is 0 Å². The van der Waals surface area contributed by atoms with Gasteiger partial charge < -0.3 is 14.2 Å². The Morgan fingerprint density at radius 1 is 1.46 bits per heavy atom. The van der Waals surface area contributed by atoms with Crippen LogP contribution in [0.25, 0.3) is 0 Å². The normalized spacial score (nSPS) is 18.5. The lowest BCUT2D eigenvalue weighted by atomic mass is 10.1. The van der Waals surface area contributed by atoms with Gasteiger partial charge in [0.25, 0.3) is 5.56 Å². The molecule has 0 N–H and O–H groups in total. The van der Waals surface area contributed by atoms with Crippen molar-refractivity contribution >= 4 is 17.5 Å². The molecular formula is C15H18ClF3N2O3. The Morgan fingerprint density at radius 2 is 2.17 bits per heavy atom. The molecule has 0 radical (unpaired) electrons. The fraction of sp³-hybridized carbons (Fsp3) is 0.600. The molecule has 1 atom stereocenters. The topological polar surface area (TPSA) is 51.5 Å². The number of rotatable bonds is 4. The number of amides is 1. The van der Waals surface area contributed by atoms with Gasteiger partial charge in [-0.25, -0.2) is 0 Å². The second kappa shape index (κ2) is 7.57. The van der Waals surface area contributed by atoms with Crippen LogP contribution in [0.15, 0.2) is 17.1 Å². The molecule has 9 heteroatoms. The summed E-state index contributed by atoms with van der Waals surface area (Å²) in [5, 5.41) is -0.573. The SMILES string of the molecule is CN(C[C@H]1CCCCO1)C(=O)Cn1cc(C(F)(F)F)cc(Cl)c1=O. The minimum absolute atomic E-state index is 0.0884. The third-order valence-corrected chi connectivity index (χ3v) is 4.12. The summed E-state index contributed by atoms with van der Waals surface area (Å²) in [6.45, 7) is 0.460. The van der Waals surface area contributed by atoms with Gasteiger partial charge in [-0.15, -0.1) is 0 Å². The lowest BCUT2D eigenvalue weighted by Crippen LogP contribution is -2.40. The maximum atomic E-state index is 12.8. The Bertz CT molecular complexity index is 654. The first-order valence-corrected chi connectivity index (χ1v) is 7.89. The van der Waals surface area contributed by atoms with Crippen molar-refractivity contribution in [3.8, 4) is 0 Å². The van der Waals surface area contributed by atoms with Gasteiger partial charge >= 0.3 is 6.18 Å². The molecule has 1 fully saturated rings. The molecule has 134 valence electrons. The standard InChI is InChI=1S/C15H18ClF3N2O3/c1-20(8-11-4-2-3-5-24-11)13(22)9-21-7-10(15(17,18)19)6-12(16)14(21)23/h6-7,11H,2-5,8-9H2,1H3/t11-/m1/s1. The number of hydrogen-bond acceptors (Lipinski definition) is 3. The highest BCUT2D eigenvalue weighted by molar-refractivity contribution is 6.30. The van der Waals surface area contributed by atoms with E-state index in [4.69, 9.17) is 16.3 Å². The Hall–Kier alpha value is -1.54. The summed E-state index contributed by atoms with van der Waals surface area (Å²) < 4.78 is 44.6. The third-order valence-electron chi connectivity index (χ3n) is 3.85. The summed E-state index contributed by atoms with van der Waals surface area (Å²) >= 11 is 5.57. The Balaban J connectivity index is 2.10. The number of ether oxygens (including phenoxy) is 1. The second-order valence-electron chi connectivity index (χ2n) is 5.77. The van der Waals surface area contributed by atoms with Crippen molar-refractivity contribution in [2.24, 2.45) is 0 Å². The van der Waals surface area contributed by atoms with Gasteiger partial charge in [0.15, 0.2) is 0 Å². The number of likely N-dealkylation sites (N-methyl/N-ethyl adjacent to an activating group) is 1. The lowest BCUT2D eigenvalue weighted by molar-refractivity contribution is -0.139. The van der Waals surface area contributed by atoms with Gasteiger partial charge in [-0.1, -0.05) is 11.6 Å². The van der Waals surface area contributed by atoms with Crippen molar-refractivity contribution in [3.05, 3.63) is 33.2 Å². The maximum absolute atomic E-state index is 12.8. The van der Waals surface area contributed by atoms with E-state index in [-0.39, 0.29) is 6.10 Å². The lowest BCUT2D eigenvalue weighted by Gasteiger charge is -2.27. The summed E-state index contributed by atoms with van der Waals surface area (Å²) in [5.41, 5.74) is -1.90. The molecule has 24 heavy (non-hydrogen) atoms. The minimum Gasteiger partial charge on any atom is -0.376 e. The number of carbonyl (C=O) groups is 1. The zero-order chi connectivity index (χ0) is 17.9. The van der Waals surface area contributed by atoms with Gasteiger partial charge in [0.1, 0.15) is 11.6 Å². The van der Waals surface area contributed by atoms with E-state index in [9.17, 15) is 22.8 Å². The molecule has 1 saturated heterocycles. The van der Waals surface area contributed by atoms with Crippen LogP contribution in [0, 0.1) is 0 Å². The molecule has 2 rings (SSSR count). The minimum atomic E-state index is -4.65. The quantitative estimate of drug-likeness (QED) is 0.823. The van der Waals surface area contributed by atoms with E-state index in [1.165, 1.54) is 11.9 Å². The van der Waals surface area contributed by atoms with Crippen LogP contribution in [-0.2, 0) is 22.3 Å². The predicted octanol–water partition coefficient (Wildman–Crippen LogP) is 2.55. The number of pyridine rings is 1. The van der Waals surface area contributed by atoms with Crippen molar-refractivity contribution < 1.29 is 22.7 Å². The van der Waals surface area contributed by atoms with Crippen molar-refractivity contribution in [3.63, 3.8) is 0 Å². The molecule has 0 unspecified atom stereocenters. The van der Waals surface area contributed by atoms with Gasteiger partial charge in [-0.2, -0.15) is 13.2 Å². The Kier molecular flexibility index (Phi) is 5.92. The molecule has 0 bridgehead atoms. The van der Waals surface area contributed by atoms with Crippen LogP contribution < -0.4 is 5.56 Å². The van der Waals surface area contributed by atoms with Crippen LogP contribution in [0.1, 0.15) is 24.8 Å². The molecule has 5 nitrogen and oxygen atoms in total. The van der Waals surface area contributed by atoms with Gasteiger partial charge in [0.2, 0.25) is 5.91 Å². The van der Waals surface area contributed by atoms with E-state index >= 15 is 0 Å². The summed E-state index contributed by atoms with van der Waals surface area (Å²) in [7, 11) is 1.53. The predicted molar refractivity (Wildman–Crippen MR) is 81.9 cm³/mol. The highest BCUT2D eigenvalue weighted by atomic mass is 35.5. The number of alkyl halides is 3. The first-order chi connectivity index (χ1) is 11.2. The first-order valence-electron chi connectivity index (χ1n) is 7.51. The van der Waals surface area contributed by atoms with Gasteiger partial charge in [0, 0.05) is 26.4 Å². The molecule has 1 amide bonds. The van der Waals surface area contributed by atoms with E-state index in [0.717, 1.165) is 19.3 Å². The van der Waals surface area contributed by atoms with E-state index < -0.39 is 34.8 Å². The summed E-state index contributed by atoms with van der Waals surface area (Å²) in [4.78, 5) is 25.4. The zero-order valence-electron chi connectivity index (χ0n) is 13.1. The fourth-order valence-electron chi connectivity index (χ4n) is 2.50. The van der Waals surface area contributed by atoms with E-state index in [0.29, 0.717) is 30.0 Å². The van der Waals surface area contributed by atoms with Crippen molar-refractivity contribution in [1.82, 2.24) is 9.47 Å². The van der Waals surface area contributed by atoms with Crippen molar-refractivity contribution in [2.45, 2.75) is 38.1 Å². The van der Waals surface area contributed by atoms with E-state index in [2.05, 4.69) is 0 Å². The molecule has 2 heterocycles. The number of aromatic nitrogens is 1. The van der Waals surface area contributed by atoms with Gasteiger partial charge in [-0.3, -0.25) is 9.59 Å². The van der Waals surface area contributed by atoms with Crippen LogP contribution >= 0.6 is 11.6 Å². The average molecular weight is 367 g/mol. The monoisotopic (exact) mass is 366 g/mol. The molecule has 0 saturated carbocycles. The average Bonchev–Trinajstić information content (AvgIpc) is 2.51. The zero-order valence-corrected chi connectivity index (χ0v) is 13.9. The molecule has 0 aliphatic carbocycles. The smallest absolute Gasteiger partial charge is 0.376 e. The molecule has 1 aromatic rings. The van der Waals surface area contributed by atoms with Crippen LogP contribution in [0.5, 0.6) is 0 Å². The molecule has 0 spiro atoms. The van der Waals surface area contributed by atoms with Crippen LogP contribution in [-0.4, -0.2) is 41.7 Å². The third kappa shape index (κ3) is 4.73.